The highest BCUT2D eigenvalue weighted by molar-refractivity contribution is 7.00. The number of fused-ring (bicyclic) bond motifs is 4. The van der Waals surface area contributed by atoms with Crippen LogP contribution in [0, 0.1) is 13.8 Å². The fourth-order valence-electron chi connectivity index (χ4n) is 13.0. The van der Waals surface area contributed by atoms with Crippen molar-refractivity contribution in [1.29, 1.82) is 0 Å². The molecule has 0 saturated carbocycles. The third-order valence-corrected chi connectivity index (χ3v) is 16.6. The Bertz CT molecular complexity index is 3450. The molecular formula is C74H61BN2. The molecule has 0 atom stereocenters. The number of hydrogen-bond donors (Lipinski definition) is 0. The minimum atomic E-state index is -0.560. The van der Waals surface area contributed by atoms with E-state index in [1.807, 2.05) is 0 Å². The van der Waals surface area contributed by atoms with Gasteiger partial charge in [0, 0.05) is 34.1 Å². The van der Waals surface area contributed by atoms with Gasteiger partial charge in [-0.2, -0.15) is 0 Å². The Morgan fingerprint density at radius 3 is 0.818 bits per heavy atom. The molecule has 0 N–H and O–H groups in total. The molecule has 11 aromatic carbocycles. The van der Waals surface area contributed by atoms with Crippen LogP contribution in [0.1, 0.15) is 82.0 Å². The van der Waals surface area contributed by atoms with Crippen molar-refractivity contribution in [2.24, 2.45) is 0 Å². The van der Waals surface area contributed by atoms with E-state index >= 15 is 0 Å². The Balaban J connectivity index is 1.03. The largest absolute Gasteiger partial charge is 0.311 e. The number of aryl methyl sites for hydroxylation is 2. The van der Waals surface area contributed by atoms with Gasteiger partial charge in [0.05, 0.1) is 10.8 Å². The van der Waals surface area contributed by atoms with Gasteiger partial charge in [0.1, 0.15) is 0 Å². The number of nitrogens with zero attached hydrogens (tertiary/aromatic N) is 2. The van der Waals surface area contributed by atoms with Gasteiger partial charge in [0.25, 0.3) is 6.71 Å². The molecule has 0 aromatic heterocycles. The Morgan fingerprint density at radius 2 is 0.545 bits per heavy atom. The van der Waals surface area contributed by atoms with E-state index < -0.39 is 10.8 Å². The van der Waals surface area contributed by atoms with E-state index in [4.69, 9.17) is 0 Å². The average Bonchev–Trinajstić information content (AvgIpc) is 3.63. The summed E-state index contributed by atoms with van der Waals surface area (Å²) in [5, 5.41) is 0. The van der Waals surface area contributed by atoms with Crippen LogP contribution in [0.3, 0.4) is 0 Å². The highest BCUT2D eigenvalue weighted by Crippen LogP contribution is 2.51. The normalized spacial score (nSPS) is 12.9. The van der Waals surface area contributed by atoms with E-state index in [0.717, 1.165) is 11.4 Å². The summed E-state index contributed by atoms with van der Waals surface area (Å²) >= 11 is 0. The third kappa shape index (κ3) is 7.78. The Labute approximate surface area is 455 Å². The molecule has 2 heterocycles. The third-order valence-electron chi connectivity index (χ3n) is 16.6. The van der Waals surface area contributed by atoms with Gasteiger partial charge >= 0.3 is 0 Å². The molecule has 2 aliphatic rings. The maximum atomic E-state index is 2.57. The number of benzene rings is 11. The first-order valence-corrected chi connectivity index (χ1v) is 27.2. The van der Waals surface area contributed by atoms with Crippen LogP contribution in [0.4, 0.5) is 34.1 Å². The van der Waals surface area contributed by atoms with Crippen molar-refractivity contribution >= 4 is 57.2 Å². The van der Waals surface area contributed by atoms with Crippen molar-refractivity contribution in [1.82, 2.24) is 0 Å². The quantitative estimate of drug-likeness (QED) is 0.0995. The van der Waals surface area contributed by atoms with E-state index in [-0.39, 0.29) is 12.1 Å². The van der Waals surface area contributed by atoms with Crippen molar-refractivity contribution in [3.63, 3.8) is 0 Å². The van der Waals surface area contributed by atoms with Gasteiger partial charge in [-0.25, -0.2) is 0 Å². The lowest BCUT2D eigenvalue weighted by molar-refractivity contribution is 0.590. The Morgan fingerprint density at radius 1 is 0.273 bits per heavy atom. The van der Waals surface area contributed by atoms with Crippen LogP contribution >= 0.6 is 0 Å². The lowest BCUT2D eigenvalue weighted by atomic mass is 9.33. The average molecular weight is 989 g/mol. The molecule has 0 saturated heterocycles. The summed E-state index contributed by atoms with van der Waals surface area (Å²) in [5.41, 5.74) is 23.3. The first-order chi connectivity index (χ1) is 37.7. The van der Waals surface area contributed by atoms with Crippen molar-refractivity contribution in [2.45, 2.75) is 50.9 Å². The summed E-state index contributed by atoms with van der Waals surface area (Å²) in [6.45, 7) is 11.5. The minimum absolute atomic E-state index is 0.00930. The van der Waals surface area contributed by atoms with Crippen LogP contribution in [0.25, 0.3) is 0 Å². The Hall–Kier alpha value is -8.92. The molecule has 0 spiro atoms. The fourth-order valence-corrected chi connectivity index (χ4v) is 13.0. The second-order valence-electron chi connectivity index (χ2n) is 22.2. The number of rotatable bonds is 10. The summed E-state index contributed by atoms with van der Waals surface area (Å²) in [4.78, 5) is 5.14. The standard InChI is InChI=1S/C74H61BN2/c1-52-36-46-65-67(48-52)76(63-42-38-60(39-43-63)73(54-24-12-6-13-25-54,55-26-14-7-15-27-55)56-28-16-8-17-29-56)69-50-62(72(3,4)5)51-70-71(69)75(65)66-47-37-53(2)49-68(66)77(70)64-44-40-61(41-45-64)74(57-30-18-9-19-31-57,58-32-20-10-21-33-58)59-34-22-11-23-35-59/h6-51H,1-5H3. The monoisotopic (exact) mass is 988 g/mol. The number of hydrogen-bond acceptors (Lipinski definition) is 2. The van der Waals surface area contributed by atoms with Crippen LogP contribution in [0.2, 0.25) is 0 Å². The first-order valence-electron chi connectivity index (χ1n) is 27.2. The minimum Gasteiger partial charge on any atom is -0.311 e. The molecule has 0 fully saturated rings. The van der Waals surface area contributed by atoms with Crippen LogP contribution in [-0.4, -0.2) is 6.71 Å². The molecule has 3 heteroatoms. The van der Waals surface area contributed by atoms with Gasteiger partial charge in [-0.1, -0.05) is 251 Å². The van der Waals surface area contributed by atoms with E-state index in [1.165, 1.54) is 100 Å². The molecule has 0 bridgehead atoms. The topological polar surface area (TPSA) is 6.48 Å². The maximum absolute atomic E-state index is 2.57. The van der Waals surface area contributed by atoms with Crippen LogP contribution in [-0.2, 0) is 16.2 Å². The molecule has 0 unspecified atom stereocenters. The molecule has 0 aliphatic carbocycles. The van der Waals surface area contributed by atoms with Crippen molar-refractivity contribution in [3.05, 3.63) is 340 Å². The zero-order chi connectivity index (χ0) is 52.3. The Kier molecular flexibility index (Phi) is 11.8. The maximum Gasteiger partial charge on any atom is 0.252 e. The molecular weight excluding hydrogens is 928 g/mol. The van der Waals surface area contributed by atoms with Crippen molar-refractivity contribution < 1.29 is 0 Å². The lowest BCUT2D eigenvalue weighted by Gasteiger charge is -2.45. The second kappa shape index (κ2) is 19.0. The smallest absolute Gasteiger partial charge is 0.252 e. The first kappa shape index (κ1) is 47.8. The predicted molar refractivity (Wildman–Crippen MR) is 325 cm³/mol. The van der Waals surface area contributed by atoms with E-state index in [9.17, 15) is 0 Å². The molecule has 13 rings (SSSR count). The number of anilines is 6. The summed E-state index contributed by atoms with van der Waals surface area (Å²) < 4.78 is 0. The zero-order valence-corrected chi connectivity index (χ0v) is 44.5. The molecule has 77 heavy (non-hydrogen) atoms. The SMILES string of the molecule is Cc1ccc2c(c1)N(c1ccc(C(c3ccccc3)(c3ccccc3)c3ccccc3)cc1)c1cc(C(C)(C)C)cc3c1B2c1ccc(C)cc1N3c1ccc(C(c2ccccc2)(c2ccccc2)c2ccccc2)cc1. The molecule has 11 aromatic rings. The summed E-state index contributed by atoms with van der Waals surface area (Å²) in [7, 11) is 0. The zero-order valence-electron chi connectivity index (χ0n) is 44.5. The van der Waals surface area contributed by atoms with E-state index in [2.05, 4.69) is 323 Å². The van der Waals surface area contributed by atoms with Crippen molar-refractivity contribution in [2.75, 3.05) is 9.80 Å². The highest BCUT2D eigenvalue weighted by Gasteiger charge is 2.45. The van der Waals surface area contributed by atoms with Crippen LogP contribution in [0.15, 0.2) is 279 Å². The van der Waals surface area contributed by atoms with Crippen molar-refractivity contribution in [3.8, 4) is 0 Å². The second-order valence-corrected chi connectivity index (χ2v) is 22.2. The highest BCUT2D eigenvalue weighted by atomic mass is 15.2. The molecule has 2 aliphatic heterocycles. The molecule has 370 valence electrons. The summed E-state index contributed by atoms with van der Waals surface area (Å²) in [6, 6.07) is 104. The summed E-state index contributed by atoms with van der Waals surface area (Å²) in [5.74, 6) is 0. The predicted octanol–water partition coefficient (Wildman–Crippen LogP) is 16.4. The van der Waals surface area contributed by atoms with Gasteiger partial charge in [-0.05, 0) is 145 Å². The van der Waals surface area contributed by atoms with Gasteiger partial charge in [-0.3, -0.25) is 0 Å². The molecule has 0 amide bonds. The van der Waals surface area contributed by atoms with Crippen LogP contribution in [0.5, 0.6) is 0 Å². The van der Waals surface area contributed by atoms with E-state index in [1.54, 1.807) is 0 Å². The van der Waals surface area contributed by atoms with Gasteiger partial charge < -0.3 is 9.80 Å². The van der Waals surface area contributed by atoms with E-state index in [0.29, 0.717) is 0 Å². The summed E-state index contributed by atoms with van der Waals surface area (Å²) in [6.07, 6.45) is 0. The molecule has 2 nitrogen and oxygen atoms in total. The van der Waals surface area contributed by atoms with Gasteiger partial charge in [-0.15, -0.1) is 0 Å². The van der Waals surface area contributed by atoms with Crippen LogP contribution < -0.4 is 26.2 Å². The molecule has 0 radical (unpaired) electrons. The lowest BCUT2D eigenvalue weighted by Crippen LogP contribution is -2.61. The van der Waals surface area contributed by atoms with Gasteiger partial charge in [0.15, 0.2) is 0 Å². The fraction of sp³-hybridized carbons (Fsp3) is 0.108. The van der Waals surface area contributed by atoms with Gasteiger partial charge in [0.2, 0.25) is 0 Å².